The van der Waals surface area contributed by atoms with Crippen molar-refractivity contribution in [3.05, 3.63) is 236 Å². The lowest BCUT2D eigenvalue weighted by molar-refractivity contribution is 1.28. The summed E-state index contributed by atoms with van der Waals surface area (Å²) in [7, 11) is 0. The van der Waals surface area contributed by atoms with E-state index >= 15 is 0 Å². The number of rotatable bonds is 8. The fourth-order valence-corrected chi connectivity index (χ4v) is 7.18. The minimum absolute atomic E-state index is 0.00965. The average Bonchev–Trinajstić information content (AvgIpc) is 3.40. The predicted molar refractivity (Wildman–Crippen MR) is 243 cm³/mol. The number of hydrogen-bond donors (Lipinski definition) is 0. The number of nitrogens with zero attached hydrogens (tertiary/aromatic N) is 1. The first kappa shape index (κ1) is 21.6. The van der Waals surface area contributed by atoms with E-state index in [1.807, 2.05) is 103 Å². The Bertz CT molecular complexity index is 3800. The van der Waals surface area contributed by atoms with Crippen LogP contribution in [0.5, 0.6) is 0 Å². The summed E-state index contributed by atoms with van der Waals surface area (Å²) < 4.78 is 137. The van der Waals surface area contributed by atoms with Gasteiger partial charge in [0.05, 0.1) is 20.6 Å². The summed E-state index contributed by atoms with van der Waals surface area (Å²) in [5, 5.41) is 1.07. The zero-order valence-electron chi connectivity index (χ0n) is 45.3. The van der Waals surface area contributed by atoms with Crippen LogP contribution in [0.2, 0.25) is 0 Å². The molecule has 10 aromatic rings. The molecule has 0 radical (unpaired) electrons. The van der Waals surface area contributed by atoms with Crippen LogP contribution in [-0.2, 0) is 0 Å². The van der Waals surface area contributed by atoms with Gasteiger partial charge in [0.1, 0.15) is 0 Å². The molecule has 0 saturated heterocycles. The van der Waals surface area contributed by atoms with Crippen LogP contribution < -0.4 is 4.90 Å². The largest absolute Gasteiger partial charge is 0.311 e. The van der Waals surface area contributed by atoms with Gasteiger partial charge in [0.2, 0.25) is 0 Å². The first-order chi connectivity index (χ1) is 34.5. The Morgan fingerprint density at radius 1 is 0.298 bits per heavy atom. The molecule has 0 aliphatic rings. The van der Waals surface area contributed by atoms with Crippen molar-refractivity contribution in [3.63, 3.8) is 0 Å². The predicted octanol–water partition coefficient (Wildman–Crippen LogP) is 15.8. The molecule has 10 aromatic carbocycles. The molecule has 0 amide bonds. The van der Waals surface area contributed by atoms with E-state index < -0.39 is 124 Å². The normalized spacial score (nSPS) is 14.8. The molecule has 0 fully saturated rings. The number of fused-ring (bicyclic) bond motifs is 2. The maximum atomic E-state index is 9.67. The summed E-state index contributed by atoms with van der Waals surface area (Å²) in [4.78, 5) is 1.16. The molecule has 268 valence electrons. The molecule has 0 spiro atoms. The highest BCUT2D eigenvalue weighted by molar-refractivity contribution is 6.04. The second-order valence-electron chi connectivity index (χ2n) is 13.4. The lowest BCUT2D eigenvalue weighted by atomic mass is 9.89. The molecule has 0 aliphatic carbocycles. The molecule has 10 rings (SSSR count). The summed E-state index contributed by atoms with van der Waals surface area (Å²) in [5.41, 5.74) is 3.74. The van der Waals surface area contributed by atoms with Crippen LogP contribution in [0.1, 0.15) is 20.6 Å². The van der Waals surface area contributed by atoms with Crippen molar-refractivity contribution in [3.8, 4) is 55.6 Å². The van der Waals surface area contributed by atoms with Gasteiger partial charge in [-0.3, -0.25) is 0 Å². The van der Waals surface area contributed by atoms with E-state index in [0.717, 1.165) is 49.1 Å². The van der Waals surface area contributed by atoms with Crippen LogP contribution in [0.4, 0.5) is 17.1 Å². The summed E-state index contributed by atoms with van der Waals surface area (Å²) >= 11 is 0. The highest BCUT2D eigenvalue weighted by Crippen LogP contribution is 2.42. The van der Waals surface area contributed by atoms with Gasteiger partial charge in [-0.1, -0.05) is 194 Å². The molecule has 0 bridgehead atoms. The second kappa shape index (κ2) is 15.0. The molecule has 0 N–H and O–H groups in total. The highest BCUT2D eigenvalue weighted by Gasteiger charge is 2.17. The third kappa shape index (κ3) is 6.66. The lowest BCUT2D eigenvalue weighted by Crippen LogP contribution is -2.09. The Balaban J connectivity index is 1.24. The highest BCUT2D eigenvalue weighted by atomic mass is 15.1. The molecule has 1 nitrogen and oxygen atoms in total. The number of hydrogen-bond acceptors (Lipinski definition) is 1. The van der Waals surface area contributed by atoms with Gasteiger partial charge >= 0.3 is 0 Å². The van der Waals surface area contributed by atoms with Crippen LogP contribution in [0.15, 0.2) is 236 Å². The lowest BCUT2D eigenvalue weighted by Gasteiger charge is -2.26. The Labute approximate surface area is 355 Å². The van der Waals surface area contributed by atoms with Crippen molar-refractivity contribution in [2.75, 3.05) is 4.90 Å². The van der Waals surface area contributed by atoms with Crippen molar-refractivity contribution >= 4 is 38.6 Å². The Hall–Kier alpha value is -7.48. The van der Waals surface area contributed by atoms with Crippen molar-refractivity contribution in [2.24, 2.45) is 0 Å². The summed E-state index contributed by atoms with van der Waals surface area (Å²) in [6, 6.07) is 35.2. The molecular formula is C56H39N. The van der Waals surface area contributed by atoms with E-state index in [4.69, 9.17) is 9.60 Å². The molecule has 0 aromatic heterocycles. The van der Waals surface area contributed by atoms with Crippen LogP contribution in [0.25, 0.3) is 77.2 Å². The maximum absolute atomic E-state index is 9.67. The summed E-state index contributed by atoms with van der Waals surface area (Å²) in [6.45, 7) is 0. The van der Waals surface area contributed by atoms with Crippen molar-refractivity contribution < 1.29 is 20.6 Å². The molecule has 0 saturated carbocycles. The smallest absolute Gasteiger partial charge is 0.0645 e. The third-order valence-electron chi connectivity index (χ3n) is 9.92. The average molecular weight is 741 g/mol. The quantitative estimate of drug-likeness (QED) is 0.150. The van der Waals surface area contributed by atoms with Gasteiger partial charge in [-0.15, -0.1) is 0 Å². The van der Waals surface area contributed by atoms with E-state index in [2.05, 4.69) is 0 Å². The van der Waals surface area contributed by atoms with Gasteiger partial charge in [-0.2, -0.15) is 0 Å². The molecule has 57 heavy (non-hydrogen) atoms. The molecule has 0 aliphatic heterocycles. The van der Waals surface area contributed by atoms with Crippen molar-refractivity contribution in [1.82, 2.24) is 0 Å². The SMILES string of the molecule is [2H]c1c([2H])c(N(c2ccc(-c3c(-c4ccccc4)ccc4ccccc34)cc2)c2c([2H])c([2H])c(-c3c([2H])c([2H])c([2H])c4c([2H])c([2H])c([2H])c([2H])c34)c([2H])c2[2H])c([2H])c([2H])c1-c1cccc(-c2ccccc2)c1. The standard InChI is InChI=1S/C56H39N/c1-3-13-40(14-4-1)47-20-11-21-48(39-47)41-25-32-49(33-26-41)57(50-34-27-45(28-35-50)53-24-12-19-42-17-7-9-22-52(42)53)51-36-29-46(30-37-51)56-54-23-10-8-18-44(54)31-38-55(56)43-15-5-2-6-16-43/h1-39H/i7D,9D,12D,17D,19D,22D,24D,25D,26D,27D,28D,32D,33D,34D,35D. The molecule has 0 heterocycles. The minimum Gasteiger partial charge on any atom is -0.311 e. The van der Waals surface area contributed by atoms with Crippen LogP contribution >= 0.6 is 0 Å². The second-order valence-corrected chi connectivity index (χ2v) is 13.4. The molecular weight excluding hydrogens is 687 g/mol. The van der Waals surface area contributed by atoms with Crippen LogP contribution in [0.3, 0.4) is 0 Å². The maximum Gasteiger partial charge on any atom is 0.0645 e. The van der Waals surface area contributed by atoms with Gasteiger partial charge in [0.15, 0.2) is 0 Å². The third-order valence-corrected chi connectivity index (χ3v) is 9.92. The Morgan fingerprint density at radius 2 is 0.895 bits per heavy atom. The van der Waals surface area contributed by atoms with E-state index in [-0.39, 0.29) is 11.3 Å². The first-order valence-corrected chi connectivity index (χ1v) is 18.4. The fourth-order valence-electron chi connectivity index (χ4n) is 7.18. The zero-order chi connectivity index (χ0) is 51.0. The van der Waals surface area contributed by atoms with E-state index in [1.165, 1.54) is 0 Å². The Kier molecular flexibility index (Phi) is 5.67. The summed E-state index contributed by atoms with van der Waals surface area (Å²) in [6.07, 6.45) is 0. The van der Waals surface area contributed by atoms with Gasteiger partial charge in [0, 0.05) is 17.1 Å². The molecule has 1 heteroatoms. The first-order valence-electron chi connectivity index (χ1n) is 25.9. The van der Waals surface area contributed by atoms with E-state index in [1.54, 1.807) is 42.5 Å². The van der Waals surface area contributed by atoms with Crippen LogP contribution in [0, 0.1) is 0 Å². The van der Waals surface area contributed by atoms with Gasteiger partial charge in [-0.25, -0.2) is 0 Å². The molecule has 0 atom stereocenters. The topological polar surface area (TPSA) is 3.24 Å². The van der Waals surface area contributed by atoms with Gasteiger partial charge in [0.25, 0.3) is 0 Å². The minimum atomic E-state index is -0.792. The van der Waals surface area contributed by atoms with E-state index in [9.17, 15) is 11.0 Å². The molecule has 0 unspecified atom stereocenters. The van der Waals surface area contributed by atoms with Crippen molar-refractivity contribution in [2.45, 2.75) is 0 Å². The van der Waals surface area contributed by atoms with Gasteiger partial charge < -0.3 is 4.90 Å². The number of benzene rings is 10. The van der Waals surface area contributed by atoms with Crippen molar-refractivity contribution in [1.29, 1.82) is 0 Å². The van der Waals surface area contributed by atoms with Gasteiger partial charge in [-0.05, 0) is 120 Å². The summed E-state index contributed by atoms with van der Waals surface area (Å²) in [5.74, 6) is 0. The fraction of sp³-hybridized carbons (Fsp3) is 0. The zero-order valence-corrected chi connectivity index (χ0v) is 30.3. The monoisotopic (exact) mass is 740 g/mol. The number of anilines is 3. The van der Waals surface area contributed by atoms with E-state index in [0.29, 0.717) is 5.56 Å². The van der Waals surface area contributed by atoms with Crippen LogP contribution in [-0.4, -0.2) is 0 Å². The Morgan fingerprint density at radius 3 is 1.63 bits per heavy atom.